The molecule has 116 valence electrons. The summed E-state index contributed by atoms with van der Waals surface area (Å²) in [6, 6.07) is -0.719. The van der Waals surface area contributed by atoms with Crippen LogP contribution in [0.5, 0.6) is 0 Å². The Kier molecular flexibility index (Phi) is 5.79. The molecule has 0 aliphatic carbocycles. The maximum absolute atomic E-state index is 12.0. The van der Waals surface area contributed by atoms with Gasteiger partial charge in [-0.25, -0.2) is 13.2 Å². The highest BCUT2D eigenvalue weighted by atomic mass is 32.2. The van der Waals surface area contributed by atoms with Crippen LogP contribution in [0, 0.1) is 0 Å². The largest absolute Gasteiger partial charge is 0.481 e. The first-order valence-electron chi connectivity index (χ1n) is 6.67. The van der Waals surface area contributed by atoms with E-state index < -0.39 is 15.8 Å². The summed E-state index contributed by atoms with van der Waals surface area (Å²) < 4.78 is 22.8. The SMILES string of the molecule is CC(CCCC(=O)O)NC(=O)N(C)C1CCS(=O)(=O)C1. The quantitative estimate of drug-likeness (QED) is 0.742. The topological polar surface area (TPSA) is 104 Å². The van der Waals surface area contributed by atoms with Gasteiger partial charge in [0, 0.05) is 25.6 Å². The summed E-state index contributed by atoms with van der Waals surface area (Å²) in [6.45, 7) is 1.80. The Hall–Kier alpha value is -1.31. The summed E-state index contributed by atoms with van der Waals surface area (Å²) >= 11 is 0. The van der Waals surface area contributed by atoms with Crippen molar-refractivity contribution in [1.82, 2.24) is 10.2 Å². The molecule has 2 atom stereocenters. The zero-order chi connectivity index (χ0) is 15.3. The lowest BCUT2D eigenvalue weighted by molar-refractivity contribution is -0.137. The Balaban J connectivity index is 2.36. The van der Waals surface area contributed by atoms with Gasteiger partial charge in [0.05, 0.1) is 11.5 Å². The summed E-state index contributed by atoms with van der Waals surface area (Å²) in [5, 5.41) is 11.3. The van der Waals surface area contributed by atoms with Gasteiger partial charge in [0.2, 0.25) is 0 Å². The van der Waals surface area contributed by atoms with Crippen LogP contribution in [-0.4, -0.2) is 61.1 Å². The van der Waals surface area contributed by atoms with Crippen LogP contribution in [0.25, 0.3) is 0 Å². The molecular formula is C12H22N2O5S. The van der Waals surface area contributed by atoms with Crippen molar-refractivity contribution in [3.05, 3.63) is 0 Å². The van der Waals surface area contributed by atoms with Crippen molar-refractivity contribution >= 4 is 21.8 Å². The van der Waals surface area contributed by atoms with E-state index in [-0.39, 0.29) is 36.0 Å². The van der Waals surface area contributed by atoms with Gasteiger partial charge in [-0.05, 0) is 26.2 Å². The number of hydrogen-bond acceptors (Lipinski definition) is 4. The fraction of sp³-hybridized carbons (Fsp3) is 0.833. The molecule has 1 fully saturated rings. The highest BCUT2D eigenvalue weighted by molar-refractivity contribution is 7.91. The highest BCUT2D eigenvalue weighted by Gasteiger charge is 2.32. The first-order valence-corrected chi connectivity index (χ1v) is 8.49. The van der Waals surface area contributed by atoms with Crippen LogP contribution in [0.2, 0.25) is 0 Å². The molecule has 1 aliphatic heterocycles. The van der Waals surface area contributed by atoms with Gasteiger partial charge < -0.3 is 15.3 Å². The van der Waals surface area contributed by atoms with Crippen molar-refractivity contribution in [1.29, 1.82) is 0 Å². The minimum Gasteiger partial charge on any atom is -0.481 e. The lowest BCUT2D eigenvalue weighted by Crippen LogP contribution is -2.47. The molecule has 20 heavy (non-hydrogen) atoms. The average Bonchev–Trinajstić information content (AvgIpc) is 2.68. The maximum Gasteiger partial charge on any atom is 0.317 e. The first kappa shape index (κ1) is 16.7. The molecule has 1 saturated heterocycles. The van der Waals surface area contributed by atoms with Gasteiger partial charge in [0.15, 0.2) is 9.84 Å². The number of carbonyl (C=O) groups is 2. The second-order valence-corrected chi connectivity index (χ2v) is 7.53. The van der Waals surface area contributed by atoms with Crippen molar-refractivity contribution in [2.24, 2.45) is 0 Å². The van der Waals surface area contributed by atoms with Gasteiger partial charge >= 0.3 is 12.0 Å². The Labute approximate surface area is 119 Å². The number of amides is 2. The van der Waals surface area contributed by atoms with Crippen molar-refractivity contribution in [3.8, 4) is 0 Å². The predicted octanol–water partition coefficient (Wildman–Crippen LogP) is 0.458. The van der Waals surface area contributed by atoms with Crippen molar-refractivity contribution < 1.29 is 23.1 Å². The van der Waals surface area contributed by atoms with E-state index in [0.29, 0.717) is 19.3 Å². The molecule has 0 spiro atoms. The van der Waals surface area contributed by atoms with E-state index in [9.17, 15) is 18.0 Å². The molecule has 7 nitrogen and oxygen atoms in total. The van der Waals surface area contributed by atoms with Gasteiger partial charge in [-0.1, -0.05) is 0 Å². The van der Waals surface area contributed by atoms with Gasteiger partial charge in [-0.2, -0.15) is 0 Å². The number of hydrogen-bond donors (Lipinski definition) is 2. The van der Waals surface area contributed by atoms with E-state index >= 15 is 0 Å². The molecule has 8 heteroatoms. The second-order valence-electron chi connectivity index (χ2n) is 5.30. The third-order valence-corrected chi connectivity index (χ3v) is 5.22. The smallest absolute Gasteiger partial charge is 0.317 e. The van der Waals surface area contributed by atoms with Gasteiger partial charge in [-0.3, -0.25) is 4.79 Å². The third-order valence-electron chi connectivity index (χ3n) is 3.47. The molecule has 0 bridgehead atoms. The molecule has 1 rings (SSSR count). The summed E-state index contributed by atoms with van der Waals surface area (Å²) in [4.78, 5) is 23.8. The minimum absolute atomic E-state index is 0.0182. The molecule has 0 aromatic carbocycles. The normalized spacial score (nSPS) is 22.2. The molecule has 2 unspecified atom stereocenters. The standard InChI is InChI=1S/C12H22N2O5S/c1-9(4-3-5-11(15)16)13-12(17)14(2)10-6-7-20(18,19)8-10/h9-10H,3-8H2,1-2H3,(H,13,17)(H,15,16). The van der Waals surface area contributed by atoms with Crippen LogP contribution in [0.15, 0.2) is 0 Å². The minimum atomic E-state index is -3.01. The van der Waals surface area contributed by atoms with Crippen LogP contribution in [0.3, 0.4) is 0 Å². The van der Waals surface area contributed by atoms with Gasteiger partial charge in [0.25, 0.3) is 0 Å². The van der Waals surface area contributed by atoms with Gasteiger partial charge in [-0.15, -0.1) is 0 Å². The van der Waals surface area contributed by atoms with Gasteiger partial charge in [0.1, 0.15) is 0 Å². The molecule has 0 aromatic rings. The number of rotatable bonds is 6. The number of aliphatic carboxylic acids is 1. The molecule has 1 aliphatic rings. The van der Waals surface area contributed by atoms with Crippen LogP contribution in [0.4, 0.5) is 4.79 Å². The maximum atomic E-state index is 12.0. The second kappa shape index (κ2) is 6.92. The van der Waals surface area contributed by atoms with Crippen molar-refractivity contribution in [3.63, 3.8) is 0 Å². The lowest BCUT2D eigenvalue weighted by atomic mass is 10.1. The Morgan fingerprint density at radius 1 is 1.45 bits per heavy atom. The summed E-state index contributed by atoms with van der Waals surface area (Å²) in [5.41, 5.74) is 0. The summed E-state index contributed by atoms with van der Waals surface area (Å²) in [7, 11) is -1.43. The van der Waals surface area contributed by atoms with E-state index in [1.165, 1.54) is 4.90 Å². The summed E-state index contributed by atoms with van der Waals surface area (Å²) in [6.07, 6.45) is 1.63. The zero-order valence-electron chi connectivity index (χ0n) is 11.8. The van der Waals surface area contributed by atoms with E-state index in [0.717, 1.165) is 0 Å². The molecule has 1 heterocycles. The monoisotopic (exact) mass is 306 g/mol. The van der Waals surface area contributed by atoms with Crippen LogP contribution < -0.4 is 5.32 Å². The van der Waals surface area contributed by atoms with E-state index in [4.69, 9.17) is 5.11 Å². The molecule has 2 amide bonds. The van der Waals surface area contributed by atoms with Crippen LogP contribution in [-0.2, 0) is 14.6 Å². The Morgan fingerprint density at radius 2 is 2.10 bits per heavy atom. The highest BCUT2D eigenvalue weighted by Crippen LogP contribution is 2.16. The van der Waals surface area contributed by atoms with E-state index in [2.05, 4.69) is 5.32 Å². The third kappa shape index (κ3) is 5.36. The summed E-state index contributed by atoms with van der Waals surface area (Å²) in [5.74, 6) is -0.704. The average molecular weight is 306 g/mol. The van der Waals surface area contributed by atoms with E-state index in [1.807, 2.05) is 0 Å². The van der Waals surface area contributed by atoms with Crippen molar-refractivity contribution in [2.75, 3.05) is 18.6 Å². The number of nitrogens with one attached hydrogen (secondary N) is 1. The van der Waals surface area contributed by atoms with Crippen molar-refractivity contribution in [2.45, 2.75) is 44.7 Å². The molecule has 0 radical (unpaired) electrons. The predicted molar refractivity (Wildman–Crippen MR) is 74.3 cm³/mol. The number of carboxylic acids is 1. The Morgan fingerprint density at radius 3 is 2.60 bits per heavy atom. The molecule has 0 saturated carbocycles. The molecule has 0 aromatic heterocycles. The first-order chi connectivity index (χ1) is 9.21. The number of sulfone groups is 1. The number of carboxylic acid groups (broad SMARTS) is 1. The number of nitrogens with zero attached hydrogens (tertiary/aromatic N) is 1. The van der Waals surface area contributed by atoms with Crippen LogP contribution in [0.1, 0.15) is 32.6 Å². The number of urea groups is 1. The molecule has 2 N–H and O–H groups in total. The zero-order valence-corrected chi connectivity index (χ0v) is 12.6. The lowest BCUT2D eigenvalue weighted by Gasteiger charge is -2.25. The van der Waals surface area contributed by atoms with Crippen LogP contribution >= 0.6 is 0 Å². The van der Waals surface area contributed by atoms with E-state index in [1.54, 1.807) is 14.0 Å². The fourth-order valence-corrected chi connectivity index (χ4v) is 3.97. The fourth-order valence-electron chi connectivity index (χ4n) is 2.19. The Bertz CT molecular complexity index is 462. The molecular weight excluding hydrogens is 284 g/mol. The number of carbonyl (C=O) groups excluding carboxylic acids is 1.